The van der Waals surface area contributed by atoms with Crippen LogP contribution in [0.25, 0.3) is 11.5 Å². The van der Waals surface area contributed by atoms with Gasteiger partial charge in [-0.25, -0.2) is 4.39 Å². The molecular formula is C21H26FN3O2. The lowest BCUT2D eigenvalue weighted by Gasteiger charge is -2.32. The molecule has 0 radical (unpaired) electrons. The Balaban J connectivity index is 1.31. The van der Waals surface area contributed by atoms with Crippen LogP contribution in [0.4, 0.5) is 4.39 Å². The highest BCUT2D eigenvalue weighted by Crippen LogP contribution is 2.31. The van der Waals surface area contributed by atoms with E-state index < -0.39 is 0 Å². The number of halogens is 1. The Bertz CT molecular complexity index is 760. The molecule has 5 nitrogen and oxygen atoms in total. The fourth-order valence-corrected chi connectivity index (χ4v) is 4.25. The number of carbonyl (C=O) groups is 1. The minimum Gasteiger partial charge on any atom is -0.420 e. The van der Waals surface area contributed by atoms with Crippen molar-refractivity contribution in [1.29, 1.82) is 0 Å². The summed E-state index contributed by atoms with van der Waals surface area (Å²) in [6, 6.07) is 6.05. The van der Waals surface area contributed by atoms with Crippen LogP contribution in [0.3, 0.4) is 0 Å². The number of nitrogens with zero attached hydrogens (tertiary/aromatic N) is 3. The molecule has 2 fully saturated rings. The summed E-state index contributed by atoms with van der Waals surface area (Å²) < 4.78 is 18.9. The molecular weight excluding hydrogens is 345 g/mol. The molecule has 2 heterocycles. The monoisotopic (exact) mass is 371 g/mol. The van der Waals surface area contributed by atoms with Gasteiger partial charge in [0, 0.05) is 31.0 Å². The van der Waals surface area contributed by atoms with E-state index in [0.29, 0.717) is 30.0 Å². The van der Waals surface area contributed by atoms with E-state index in [4.69, 9.17) is 4.42 Å². The van der Waals surface area contributed by atoms with Crippen LogP contribution in [-0.2, 0) is 4.79 Å². The van der Waals surface area contributed by atoms with Crippen molar-refractivity contribution in [1.82, 2.24) is 15.1 Å². The topological polar surface area (TPSA) is 59.2 Å². The number of amides is 1. The van der Waals surface area contributed by atoms with Crippen molar-refractivity contribution in [3.63, 3.8) is 0 Å². The highest BCUT2D eigenvalue weighted by atomic mass is 19.1. The fourth-order valence-electron chi connectivity index (χ4n) is 4.25. The molecule has 1 aromatic heterocycles. The largest absolute Gasteiger partial charge is 0.420 e. The maximum absolute atomic E-state index is 13.0. The number of likely N-dealkylation sites (tertiary alicyclic amines) is 1. The van der Waals surface area contributed by atoms with Gasteiger partial charge < -0.3 is 9.32 Å². The van der Waals surface area contributed by atoms with E-state index in [2.05, 4.69) is 10.2 Å². The molecule has 0 N–H and O–H groups in total. The molecule has 0 atom stereocenters. The molecule has 1 saturated carbocycles. The molecule has 144 valence electrons. The summed E-state index contributed by atoms with van der Waals surface area (Å²) >= 11 is 0. The van der Waals surface area contributed by atoms with Crippen LogP contribution < -0.4 is 0 Å². The minimum atomic E-state index is -0.288. The summed E-state index contributed by atoms with van der Waals surface area (Å²) in [5.74, 6) is 1.82. The average molecular weight is 371 g/mol. The third-order valence-electron chi connectivity index (χ3n) is 5.92. The Morgan fingerprint density at radius 1 is 1.04 bits per heavy atom. The first-order valence-corrected chi connectivity index (χ1v) is 10.1. The van der Waals surface area contributed by atoms with Crippen molar-refractivity contribution in [2.75, 3.05) is 13.1 Å². The van der Waals surface area contributed by atoms with E-state index in [0.717, 1.165) is 31.5 Å². The van der Waals surface area contributed by atoms with Gasteiger partial charge in [-0.2, -0.15) is 0 Å². The number of aromatic nitrogens is 2. The van der Waals surface area contributed by atoms with Gasteiger partial charge in [0.15, 0.2) is 0 Å². The summed E-state index contributed by atoms with van der Waals surface area (Å²) in [4.78, 5) is 14.6. The molecule has 1 aliphatic carbocycles. The Kier molecular flexibility index (Phi) is 5.50. The lowest BCUT2D eigenvalue weighted by atomic mass is 9.86. The van der Waals surface area contributed by atoms with Gasteiger partial charge in [-0.3, -0.25) is 4.79 Å². The van der Waals surface area contributed by atoms with E-state index in [1.54, 1.807) is 12.1 Å². The molecule has 2 aromatic rings. The zero-order valence-corrected chi connectivity index (χ0v) is 15.6. The first-order valence-electron chi connectivity index (χ1n) is 10.1. The first-order chi connectivity index (χ1) is 13.2. The van der Waals surface area contributed by atoms with Crippen molar-refractivity contribution in [3.05, 3.63) is 36.0 Å². The second-order valence-electron chi connectivity index (χ2n) is 7.82. The number of piperidine rings is 1. The zero-order chi connectivity index (χ0) is 18.6. The maximum atomic E-state index is 13.0. The predicted molar refractivity (Wildman–Crippen MR) is 99.4 cm³/mol. The molecule has 1 amide bonds. The van der Waals surface area contributed by atoms with E-state index in [-0.39, 0.29) is 11.7 Å². The maximum Gasteiger partial charge on any atom is 0.247 e. The number of hydrogen-bond acceptors (Lipinski definition) is 4. The van der Waals surface area contributed by atoms with E-state index in [1.165, 1.54) is 44.2 Å². The lowest BCUT2D eigenvalue weighted by Crippen LogP contribution is -2.38. The van der Waals surface area contributed by atoms with Gasteiger partial charge in [0.1, 0.15) is 5.82 Å². The van der Waals surface area contributed by atoms with Crippen LogP contribution in [0.5, 0.6) is 0 Å². The van der Waals surface area contributed by atoms with E-state index in [1.807, 2.05) is 4.90 Å². The van der Waals surface area contributed by atoms with Crippen LogP contribution >= 0.6 is 0 Å². The SMILES string of the molecule is O=C(CC1CCCCC1)N1CCC(c2nnc(-c3ccc(F)cc3)o2)CC1. The van der Waals surface area contributed by atoms with E-state index >= 15 is 0 Å². The summed E-state index contributed by atoms with van der Waals surface area (Å²) in [5.41, 5.74) is 0.718. The molecule has 0 spiro atoms. The second kappa shape index (κ2) is 8.19. The van der Waals surface area contributed by atoms with Crippen molar-refractivity contribution in [2.24, 2.45) is 5.92 Å². The fraction of sp³-hybridized carbons (Fsp3) is 0.571. The molecule has 1 aliphatic heterocycles. The minimum absolute atomic E-state index is 0.186. The summed E-state index contributed by atoms with van der Waals surface area (Å²) in [5, 5.41) is 8.29. The van der Waals surface area contributed by atoms with Gasteiger partial charge in [0.05, 0.1) is 0 Å². The molecule has 2 aliphatic rings. The number of benzene rings is 1. The molecule has 0 unspecified atom stereocenters. The molecule has 4 rings (SSSR count). The molecule has 27 heavy (non-hydrogen) atoms. The average Bonchev–Trinajstić information content (AvgIpc) is 3.20. The Hall–Kier alpha value is -2.24. The lowest BCUT2D eigenvalue weighted by molar-refractivity contribution is -0.133. The number of rotatable bonds is 4. The zero-order valence-electron chi connectivity index (χ0n) is 15.6. The summed E-state index contributed by atoms with van der Waals surface area (Å²) in [6.45, 7) is 1.51. The molecule has 6 heteroatoms. The Labute approximate surface area is 159 Å². The highest BCUT2D eigenvalue weighted by Gasteiger charge is 2.28. The van der Waals surface area contributed by atoms with Gasteiger partial charge in [0.25, 0.3) is 0 Å². The Morgan fingerprint density at radius 3 is 2.44 bits per heavy atom. The van der Waals surface area contributed by atoms with Crippen molar-refractivity contribution in [2.45, 2.75) is 57.3 Å². The smallest absolute Gasteiger partial charge is 0.247 e. The number of hydrogen-bond donors (Lipinski definition) is 0. The van der Waals surface area contributed by atoms with Gasteiger partial charge >= 0.3 is 0 Å². The van der Waals surface area contributed by atoms with Crippen molar-refractivity contribution >= 4 is 5.91 Å². The van der Waals surface area contributed by atoms with Crippen molar-refractivity contribution < 1.29 is 13.6 Å². The highest BCUT2D eigenvalue weighted by molar-refractivity contribution is 5.76. The van der Waals surface area contributed by atoms with Crippen LogP contribution in [0.1, 0.15) is 63.2 Å². The quantitative estimate of drug-likeness (QED) is 0.791. The molecule has 1 aromatic carbocycles. The van der Waals surface area contributed by atoms with Crippen LogP contribution in [0.15, 0.2) is 28.7 Å². The Morgan fingerprint density at radius 2 is 1.74 bits per heavy atom. The van der Waals surface area contributed by atoms with Crippen LogP contribution in [0, 0.1) is 11.7 Å². The second-order valence-corrected chi connectivity index (χ2v) is 7.82. The van der Waals surface area contributed by atoms with Gasteiger partial charge in [-0.15, -0.1) is 10.2 Å². The summed E-state index contributed by atoms with van der Waals surface area (Å²) in [6.07, 6.45) is 8.68. The standard InChI is InChI=1S/C21H26FN3O2/c22-18-8-6-16(7-9-18)20-23-24-21(27-20)17-10-12-25(13-11-17)19(26)14-15-4-2-1-3-5-15/h6-9,15,17H,1-5,10-14H2. The predicted octanol–water partition coefficient (Wildman–Crippen LogP) is 4.55. The van der Waals surface area contributed by atoms with E-state index in [9.17, 15) is 9.18 Å². The molecule has 1 saturated heterocycles. The van der Waals surface area contributed by atoms with Gasteiger partial charge in [-0.1, -0.05) is 19.3 Å². The van der Waals surface area contributed by atoms with Crippen molar-refractivity contribution in [3.8, 4) is 11.5 Å². The normalized spacial score (nSPS) is 19.4. The van der Waals surface area contributed by atoms with Crippen LogP contribution in [0.2, 0.25) is 0 Å². The van der Waals surface area contributed by atoms with Crippen LogP contribution in [-0.4, -0.2) is 34.1 Å². The first kappa shape index (κ1) is 18.1. The third-order valence-corrected chi connectivity index (χ3v) is 5.92. The number of carbonyl (C=O) groups excluding carboxylic acids is 1. The van der Waals surface area contributed by atoms with Gasteiger partial charge in [-0.05, 0) is 55.9 Å². The van der Waals surface area contributed by atoms with Gasteiger partial charge in [0.2, 0.25) is 17.7 Å². The summed E-state index contributed by atoms with van der Waals surface area (Å²) in [7, 11) is 0. The third kappa shape index (κ3) is 4.37. The molecule has 0 bridgehead atoms.